The van der Waals surface area contributed by atoms with Crippen molar-refractivity contribution in [3.05, 3.63) is 35.6 Å². The van der Waals surface area contributed by atoms with E-state index in [1.54, 1.807) is 24.1 Å². The first-order valence-electron chi connectivity index (χ1n) is 8.00. The molecule has 23 heavy (non-hydrogen) atoms. The van der Waals surface area contributed by atoms with Crippen LogP contribution in [0, 0.1) is 11.7 Å². The summed E-state index contributed by atoms with van der Waals surface area (Å²) in [7, 11) is 1.71. The van der Waals surface area contributed by atoms with Gasteiger partial charge in [0, 0.05) is 39.1 Å². The Hall–Kier alpha value is -1.95. The second kappa shape index (κ2) is 6.28. The number of benzene rings is 1. The summed E-state index contributed by atoms with van der Waals surface area (Å²) in [4.78, 5) is 28.5. The zero-order chi connectivity index (χ0) is 16.6. The molecule has 2 aliphatic heterocycles. The van der Waals surface area contributed by atoms with E-state index in [1.807, 2.05) is 11.8 Å². The van der Waals surface area contributed by atoms with E-state index in [4.69, 9.17) is 0 Å². The van der Waals surface area contributed by atoms with Gasteiger partial charge in [-0.1, -0.05) is 12.1 Å². The largest absolute Gasteiger partial charge is 0.340 e. The molecule has 5 nitrogen and oxygen atoms in total. The van der Waals surface area contributed by atoms with Crippen molar-refractivity contribution in [2.45, 2.75) is 25.4 Å². The van der Waals surface area contributed by atoms with Gasteiger partial charge in [-0.2, -0.15) is 0 Å². The summed E-state index contributed by atoms with van der Waals surface area (Å²) < 4.78 is 13.2. The quantitative estimate of drug-likeness (QED) is 0.890. The van der Waals surface area contributed by atoms with Gasteiger partial charge in [-0.15, -0.1) is 0 Å². The van der Waals surface area contributed by atoms with Crippen LogP contribution in [0.5, 0.6) is 0 Å². The molecule has 0 aromatic heterocycles. The Balaban J connectivity index is 1.85. The van der Waals surface area contributed by atoms with Gasteiger partial charge in [-0.25, -0.2) is 4.39 Å². The van der Waals surface area contributed by atoms with Crippen molar-refractivity contribution in [3.8, 4) is 0 Å². The molecule has 0 spiro atoms. The second-order valence-corrected chi connectivity index (χ2v) is 6.45. The van der Waals surface area contributed by atoms with E-state index in [0.29, 0.717) is 13.1 Å². The highest BCUT2D eigenvalue weighted by atomic mass is 19.1. The highest BCUT2D eigenvalue weighted by Crippen LogP contribution is 2.38. The molecule has 124 valence electrons. The third-order valence-corrected chi connectivity index (χ3v) is 4.80. The molecular formula is C17H22FN3O2. The normalized spacial score (nSPS) is 28.3. The molecule has 0 saturated carbocycles. The maximum atomic E-state index is 13.2. The lowest BCUT2D eigenvalue weighted by molar-refractivity contribution is -0.137. The van der Waals surface area contributed by atoms with E-state index in [-0.39, 0.29) is 36.1 Å². The number of rotatable bonds is 2. The molecular weight excluding hydrogens is 297 g/mol. The highest BCUT2D eigenvalue weighted by molar-refractivity contribution is 5.90. The first-order chi connectivity index (χ1) is 11.0. The van der Waals surface area contributed by atoms with E-state index in [1.165, 1.54) is 12.1 Å². The topological polar surface area (TPSA) is 52.7 Å². The first-order valence-corrected chi connectivity index (χ1v) is 8.00. The van der Waals surface area contributed by atoms with Crippen molar-refractivity contribution in [2.75, 3.05) is 26.7 Å². The number of hydrogen-bond acceptors (Lipinski definition) is 3. The molecule has 3 rings (SSSR count). The molecule has 2 amide bonds. The molecule has 0 radical (unpaired) electrons. The molecule has 2 heterocycles. The second-order valence-electron chi connectivity index (χ2n) is 6.45. The minimum atomic E-state index is -0.400. The van der Waals surface area contributed by atoms with Gasteiger partial charge in [-0.05, 0) is 24.6 Å². The molecule has 1 aromatic carbocycles. The van der Waals surface area contributed by atoms with Crippen LogP contribution in [0.4, 0.5) is 4.39 Å². The summed E-state index contributed by atoms with van der Waals surface area (Å²) in [6.45, 7) is 4.13. The van der Waals surface area contributed by atoms with Crippen LogP contribution in [-0.4, -0.2) is 54.3 Å². The SMILES string of the molecule is C[C@@H]1CN(C(=O)C2CC(=O)N(C)C2c2ccc(F)cc2)CCN1. The monoisotopic (exact) mass is 319 g/mol. The highest BCUT2D eigenvalue weighted by Gasteiger charge is 2.44. The van der Waals surface area contributed by atoms with E-state index in [9.17, 15) is 14.0 Å². The van der Waals surface area contributed by atoms with Crippen molar-refractivity contribution in [1.82, 2.24) is 15.1 Å². The lowest BCUT2D eigenvalue weighted by Crippen LogP contribution is -2.53. The van der Waals surface area contributed by atoms with Gasteiger partial charge >= 0.3 is 0 Å². The van der Waals surface area contributed by atoms with Crippen LogP contribution in [0.25, 0.3) is 0 Å². The average molecular weight is 319 g/mol. The third-order valence-electron chi connectivity index (χ3n) is 4.80. The summed E-state index contributed by atoms with van der Waals surface area (Å²) in [5.74, 6) is -0.742. The fourth-order valence-corrected chi connectivity index (χ4v) is 3.57. The van der Waals surface area contributed by atoms with E-state index in [0.717, 1.165) is 12.1 Å². The Labute approximate surface area is 135 Å². The molecule has 1 aromatic rings. The summed E-state index contributed by atoms with van der Waals surface area (Å²) in [6.07, 6.45) is 0.218. The minimum Gasteiger partial charge on any atom is -0.340 e. The molecule has 0 bridgehead atoms. The van der Waals surface area contributed by atoms with Gasteiger partial charge in [0.15, 0.2) is 0 Å². The molecule has 2 aliphatic rings. The zero-order valence-electron chi connectivity index (χ0n) is 13.5. The predicted octanol–water partition coefficient (Wildman–Crippen LogP) is 1.17. The lowest BCUT2D eigenvalue weighted by Gasteiger charge is -2.35. The summed E-state index contributed by atoms with van der Waals surface area (Å²) in [5.41, 5.74) is 0.807. The maximum absolute atomic E-state index is 13.2. The molecule has 2 saturated heterocycles. The number of carbonyl (C=O) groups excluding carboxylic acids is 2. The minimum absolute atomic E-state index is 0.0189. The number of amides is 2. The van der Waals surface area contributed by atoms with Gasteiger partial charge in [0.25, 0.3) is 0 Å². The van der Waals surface area contributed by atoms with Gasteiger partial charge in [0.05, 0.1) is 12.0 Å². The van der Waals surface area contributed by atoms with E-state index < -0.39 is 5.92 Å². The van der Waals surface area contributed by atoms with Crippen LogP contribution in [0.1, 0.15) is 24.9 Å². The van der Waals surface area contributed by atoms with Crippen molar-refractivity contribution < 1.29 is 14.0 Å². The summed E-state index contributed by atoms with van der Waals surface area (Å²) in [6, 6.07) is 6.01. The lowest BCUT2D eigenvalue weighted by atomic mass is 9.92. The Morgan fingerprint density at radius 2 is 2.00 bits per heavy atom. The Morgan fingerprint density at radius 3 is 2.65 bits per heavy atom. The van der Waals surface area contributed by atoms with Crippen LogP contribution in [0.2, 0.25) is 0 Å². The molecule has 2 fully saturated rings. The number of nitrogens with zero attached hydrogens (tertiary/aromatic N) is 2. The Morgan fingerprint density at radius 1 is 1.30 bits per heavy atom. The fourth-order valence-electron chi connectivity index (χ4n) is 3.57. The molecule has 1 N–H and O–H groups in total. The van der Waals surface area contributed by atoms with Crippen LogP contribution in [0.3, 0.4) is 0 Å². The third kappa shape index (κ3) is 3.08. The Bertz CT molecular complexity index is 604. The first kappa shape index (κ1) is 15.9. The maximum Gasteiger partial charge on any atom is 0.228 e. The van der Waals surface area contributed by atoms with Crippen LogP contribution < -0.4 is 5.32 Å². The van der Waals surface area contributed by atoms with Gasteiger partial charge in [-0.3, -0.25) is 9.59 Å². The number of nitrogens with one attached hydrogen (secondary N) is 1. The number of piperazine rings is 1. The van der Waals surface area contributed by atoms with Gasteiger partial charge in [0.2, 0.25) is 11.8 Å². The van der Waals surface area contributed by atoms with Crippen molar-refractivity contribution in [1.29, 1.82) is 0 Å². The van der Waals surface area contributed by atoms with Crippen molar-refractivity contribution >= 4 is 11.8 Å². The van der Waals surface area contributed by atoms with Crippen molar-refractivity contribution in [2.24, 2.45) is 5.92 Å². The predicted molar refractivity (Wildman–Crippen MR) is 84.1 cm³/mol. The molecule has 6 heteroatoms. The van der Waals surface area contributed by atoms with Crippen LogP contribution >= 0.6 is 0 Å². The number of carbonyl (C=O) groups is 2. The molecule has 0 aliphatic carbocycles. The van der Waals surface area contributed by atoms with Gasteiger partial charge < -0.3 is 15.1 Å². The fraction of sp³-hybridized carbons (Fsp3) is 0.529. The van der Waals surface area contributed by atoms with E-state index >= 15 is 0 Å². The smallest absolute Gasteiger partial charge is 0.228 e. The van der Waals surface area contributed by atoms with Gasteiger partial charge in [0.1, 0.15) is 5.82 Å². The summed E-state index contributed by atoms with van der Waals surface area (Å²) >= 11 is 0. The molecule has 3 atom stereocenters. The Kier molecular flexibility index (Phi) is 4.35. The number of likely N-dealkylation sites (tertiary alicyclic amines) is 1. The van der Waals surface area contributed by atoms with Crippen LogP contribution in [-0.2, 0) is 9.59 Å². The molecule has 2 unspecified atom stereocenters. The van der Waals surface area contributed by atoms with E-state index in [2.05, 4.69) is 5.32 Å². The zero-order valence-corrected chi connectivity index (χ0v) is 13.5. The number of hydrogen-bond donors (Lipinski definition) is 1. The standard InChI is InChI=1S/C17H22FN3O2/c1-11-10-21(8-7-19-11)17(23)14-9-15(22)20(2)16(14)12-3-5-13(18)6-4-12/h3-6,11,14,16,19H,7-10H2,1-2H3/t11-,14?,16?/m1/s1. The number of halogens is 1. The van der Waals surface area contributed by atoms with Crippen LogP contribution in [0.15, 0.2) is 24.3 Å². The van der Waals surface area contributed by atoms with Crippen molar-refractivity contribution in [3.63, 3.8) is 0 Å². The average Bonchev–Trinajstić information content (AvgIpc) is 2.83. The summed E-state index contributed by atoms with van der Waals surface area (Å²) in [5, 5.41) is 3.31.